The number of carbonyl (C=O) groups is 1. The molecular weight excluding hydrogens is 545 g/mol. The number of anilines is 1. The lowest BCUT2D eigenvalue weighted by Gasteiger charge is -2.23. The van der Waals surface area contributed by atoms with Crippen LogP contribution >= 0.6 is 22.9 Å². The second-order valence-electron chi connectivity index (χ2n) is 9.61. The molecule has 11 heteroatoms. The number of carbonyl (C=O) groups excluding carboxylic acids is 1. The van der Waals surface area contributed by atoms with Crippen LogP contribution in [0.5, 0.6) is 0 Å². The molecule has 0 spiro atoms. The van der Waals surface area contributed by atoms with E-state index >= 15 is 0 Å². The number of fused-ring (bicyclic) bond motifs is 3. The minimum Gasteiger partial charge on any atom is -0.326 e. The van der Waals surface area contributed by atoms with Crippen molar-refractivity contribution in [3.8, 4) is 0 Å². The maximum absolute atomic E-state index is 12.9. The number of alkyl halides is 3. The molecular formula is C26H24ClF3N2O3S2. The summed E-state index contributed by atoms with van der Waals surface area (Å²) in [6.45, 7) is 0. The van der Waals surface area contributed by atoms with Gasteiger partial charge in [-0.1, -0.05) is 29.8 Å². The highest BCUT2D eigenvalue weighted by atomic mass is 35.5. The minimum atomic E-state index is -4.42. The molecule has 1 heterocycles. The molecule has 1 aromatic heterocycles. The molecule has 2 aromatic carbocycles. The third kappa shape index (κ3) is 5.87. The van der Waals surface area contributed by atoms with Gasteiger partial charge in [-0.25, -0.2) is 13.1 Å². The van der Waals surface area contributed by atoms with E-state index in [1.807, 2.05) is 18.2 Å². The molecule has 2 N–H and O–H groups in total. The molecule has 196 valence electrons. The van der Waals surface area contributed by atoms with Crippen LogP contribution in [0, 0.1) is 11.8 Å². The van der Waals surface area contributed by atoms with Crippen LogP contribution in [0.25, 0.3) is 0 Å². The van der Waals surface area contributed by atoms with E-state index in [0.29, 0.717) is 22.0 Å². The lowest BCUT2D eigenvalue weighted by Crippen LogP contribution is -2.41. The fourth-order valence-corrected chi connectivity index (χ4v) is 8.23. The first-order valence-electron chi connectivity index (χ1n) is 11.8. The van der Waals surface area contributed by atoms with Gasteiger partial charge in [0.15, 0.2) is 0 Å². The van der Waals surface area contributed by atoms with Crippen LogP contribution in [0.15, 0.2) is 58.8 Å². The highest BCUT2D eigenvalue weighted by molar-refractivity contribution is 7.91. The smallest absolute Gasteiger partial charge is 0.326 e. The largest absolute Gasteiger partial charge is 0.416 e. The summed E-state index contributed by atoms with van der Waals surface area (Å²) in [5, 5.41) is 2.84. The third-order valence-corrected chi connectivity index (χ3v) is 10.3. The van der Waals surface area contributed by atoms with Crippen molar-refractivity contribution in [2.24, 2.45) is 11.8 Å². The van der Waals surface area contributed by atoms with Gasteiger partial charge in [0.2, 0.25) is 15.9 Å². The van der Waals surface area contributed by atoms with Crippen LogP contribution < -0.4 is 10.0 Å². The minimum absolute atomic E-state index is 0.0451. The number of amides is 1. The van der Waals surface area contributed by atoms with Gasteiger partial charge in [-0.15, -0.1) is 11.3 Å². The topological polar surface area (TPSA) is 75.3 Å². The molecule has 0 saturated heterocycles. The fraction of sp³-hybridized carbons (Fsp3) is 0.346. The van der Waals surface area contributed by atoms with Gasteiger partial charge >= 0.3 is 6.18 Å². The number of nitrogens with one attached hydrogen (secondary N) is 2. The summed E-state index contributed by atoms with van der Waals surface area (Å²) < 4.78 is 67.7. The van der Waals surface area contributed by atoms with Crippen LogP contribution in [0.3, 0.4) is 0 Å². The molecule has 2 bridgehead atoms. The van der Waals surface area contributed by atoms with Crippen molar-refractivity contribution in [2.75, 3.05) is 5.32 Å². The zero-order valence-corrected chi connectivity index (χ0v) is 21.9. The quantitative estimate of drug-likeness (QED) is 0.379. The van der Waals surface area contributed by atoms with Crippen molar-refractivity contribution in [3.05, 3.63) is 81.2 Å². The number of benzene rings is 2. The van der Waals surface area contributed by atoms with Gasteiger partial charge in [0, 0.05) is 11.7 Å². The van der Waals surface area contributed by atoms with E-state index in [0.717, 1.165) is 53.9 Å². The Labute approximate surface area is 222 Å². The van der Waals surface area contributed by atoms with Crippen molar-refractivity contribution in [1.82, 2.24) is 4.72 Å². The Morgan fingerprint density at radius 3 is 2.27 bits per heavy atom. The van der Waals surface area contributed by atoms with E-state index in [1.165, 1.54) is 18.2 Å². The highest BCUT2D eigenvalue weighted by Gasteiger charge is 2.41. The van der Waals surface area contributed by atoms with Crippen LogP contribution in [0.4, 0.5) is 18.9 Å². The molecule has 0 aliphatic heterocycles. The molecule has 1 saturated carbocycles. The Hall–Kier alpha value is -2.40. The number of thiophene rings is 1. The van der Waals surface area contributed by atoms with Crippen molar-refractivity contribution < 1.29 is 26.4 Å². The number of hydrogen-bond donors (Lipinski definition) is 2. The first-order valence-corrected chi connectivity index (χ1v) is 14.5. The van der Waals surface area contributed by atoms with Gasteiger partial charge in [0.25, 0.3) is 0 Å². The summed E-state index contributed by atoms with van der Waals surface area (Å²) in [6, 6.07) is 13.2. The van der Waals surface area contributed by atoms with Crippen LogP contribution in [-0.4, -0.2) is 20.4 Å². The Kier molecular flexibility index (Phi) is 7.12. The van der Waals surface area contributed by atoms with Gasteiger partial charge < -0.3 is 5.32 Å². The first kappa shape index (κ1) is 26.2. The van der Waals surface area contributed by atoms with Gasteiger partial charge in [0.1, 0.15) is 4.21 Å². The summed E-state index contributed by atoms with van der Waals surface area (Å²) in [4.78, 5) is 12.6. The number of hydrogen-bond acceptors (Lipinski definition) is 4. The molecule has 37 heavy (non-hydrogen) atoms. The molecule has 1 amide bonds. The van der Waals surface area contributed by atoms with Gasteiger partial charge in [0.05, 0.1) is 16.3 Å². The van der Waals surface area contributed by atoms with Gasteiger partial charge in [-0.2, -0.15) is 13.2 Å². The molecule has 5 nitrogen and oxygen atoms in total. The molecule has 0 radical (unpaired) electrons. The summed E-state index contributed by atoms with van der Waals surface area (Å²) in [5.74, 6) is -0.0128. The van der Waals surface area contributed by atoms with E-state index < -0.39 is 21.8 Å². The molecule has 2 aliphatic carbocycles. The van der Waals surface area contributed by atoms with Crippen molar-refractivity contribution >= 4 is 44.6 Å². The van der Waals surface area contributed by atoms with E-state index in [-0.39, 0.29) is 34.4 Å². The predicted molar refractivity (Wildman–Crippen MR) is 137 cm³/mol. The zero-order chi connectivity index (χ0) is 26.4. The number of sulfonamides is 1. The molecule has 3 aromatic rings. The average molecular weight is 569 g/mol. The first-order chi connectivity index (χ1) is 17.5. The van der Waals surface area contributed by atoms with Crippen LogP contribution in [0.2, 0.25) is 4.34 Å². The standard InChI is InChI=1S/C26H24ClF3N2O3S2/c27-22-9-10-24(36-22)37(34,35)32-25-17-3-4-18(25)13-19-14-21(8-5-16(19)12-17)31-23(33)11-15-1-6-20(7-2-15)26(28,29)30/h1-2,5-10,14,17-18,25,32H,3-4,11-13H2,(H,31,33)/t17-,18+,25+/m0/s1. The van der Waals surface area contributed by atoms with E-state index in [4.69, 9.17) is 11.6 Å². The normalized spacial score (nSPS) is 21.4. The summed E-state index contributed by atoms with van der Waals surface area (Å²) in [5.41, 5.74) is 2.55. The average Bonchev–Trinajstić information content (AvgIpc) is 3.37. The van der Waals surface area contributed by atoms with Gasteiger partial charge in [-0.3, -0.25) is 4.79 Å². The van der Waals surface area contributed by atoms with Crippen LogP contribution in [0.1, 0.15) is 35.1 Å². The third-order valence-electron chi connectivity index (χ3n) is 7.13. The second kappa shape index (κ2) is 10.1. The van der Waals surface area contributed by atoms with Crippen LogP contribution in [-0.2, 0) is 40.3 Å². The molecule has 0 unspecified atom stereocenters. The molecule has 2 aliphatic rings. The summed E-state index contributed by atoms with van der Waals surface area (Å²) in [7, 11) is -3.67. The SMILES string of the molecule is O=C(Cc1ccc(C(F)(F)F)cc1)Nc1ccc2c(c1)C[C@H]1CC[C@@H](C2)[C@H]1NS(=O)(=O)c1ccc(Cl)s1. The Balaban J connectivity index is 1.26. The van der Waals surface area contributed by atoms with E-state index in [2.05, 4.69) is 10.0 Å². The van der Waals surface area contributed by atoms with Gasteiger partial charge in [-0.05, 0) is 90.6 Å². The maximum atomic E-state index is 12.9. The lowest BCUT2D eigenvalue weighted by atomic mass is 9.93. The summed E-state index contributed by atoms with van der Waals surface area (Å²) in [6.07, 6.45) is -1.19. The summed E-state index contributed by atoms with van der Waals surface area (Å²) >= 11 is 6.97. The monoisotopic (exact) mass is 568 g/mol. The second-order valence-corrected chi connectivity index (χ2v) is 13.3. The number of halogens is 4. The molecule has 1 fully saturated rings. The lowest BCUT2D eigenvalue weighted by molar-refractivity contribution is -0.137. The fourth-order valence-electron chi connectivity index (χ4n) is 5.36. The van der Waals surface area contributed by atoms with Crippen molar-refractivity contribution in [2.45, 2.75) is 48.5 Å². The Bertz CT molecular complexity index is 1420. The highest BCUT2D eigenvalue weighted by Crippen LogP contribution is 2.41. The Morgan fingerprint density at radius 2 is 1.65 bits per heavy atom. The Morgan fingerprint density at radius 1 is 0.973 bits per heavy atom. The van der Waals surface area contributed by atoms with Crippen molar-refractivity contribution in [3.63, 3.8) is 0 Å². The number of rotatable bonds is 6. The molecule has 5 rings (SSSR count). The predicted octanol–water partition coefficient (Wildman–Crippen LogP) is 6.07. The van der Waals surface area contributed by atoms with E-state index in [1.54, 1.807) is 6.07 Å². The van der Waals surface area contributed by atoms with E-state index in [9.17, 15) is 26.4 Å². The molecule has 3 atom stereocenters. The zero-order valence-electron chi connectivity index (χ0n) is 19.5. The van der Waals surface area contributed by atoms with Crippen molar-refractivity contribution in [1.29, 1.82) is 0 Å². The maximum Gasteiger partial charge on any atom is 0.416 e.